The summed E-state index contributed by atoms with van der Waals surface area (Å²) in [4.78, 5) is 14.6. The Hall–Kier alpha value is -2.49. The van der Waals surface area contributed by atoms with E-state index >= 15 is 0 Å². The number of anilines is 1. The maximum Gasteiger partial charge on any atom is 0.243 e. The summed E-state index contributed by atoms with van der Waals surface area (Å²) in [5.74, 6) is 0.232. The zero-order valence-corrected chi connectivity index (χ0v) is 18.4. The molecule has 9 heteroatoms. The number of sulfonamides is 1. The third-order valence-corrected chi connectivity index (χ3v) is 7.62. The van der Waals surface area contributed by atoms with E-state index in [-0.39, 0.29) is 43.1 Å². The zero-order valence-electron chi connectivity index (χ0n) is 17.5. The van der Waals surface area contributed by atoms with Crippen LogP contribution in [0.4, 0.5) is 10.1 Å². The minimum absolute atomic E-state index is 0.0515. The Kier molecular flexibility index (Phi) is 6.00. The van der Waals surface area contributed by atoms with Crippen LogP contribution in [0.5, 0.6) is 5.75 Å². The molecule has 0 unspecified atom stereocenters. The highest BCUT2D eigenvalue weighted by molar-refractivity contribution is 7.89. The second kappa shape index (κ2) is 8.57. The lowest BCUT2D eigenvalue weighted by Crippen LogP contribution is -2.57. The van der Waals surface area contributed by atoms with Crippen LogP contribution in [0.3, 0.4) is 0 Å². The van der Waals surface area contributed by atoms with Crippen LogP contribution in [0.25, 0.3) is 0 Å². The third-order valence-electron chi connectivity index (χ3n) is 5.74. The Labute approximate surface area is 181 Å². The van der Waals surface area contributed by atoms with Gasteiger partial charge in [0.25, 0.3) is 0 Å². The van der Waals surface area contributed by atoms with Crippen LogP contribution < -0.4 is 10.1 Å². The Bertz CT molecular complexity index is 1070. The summed E-state index contributed by atoms with van der Waals surface area (Å²) >= 11 is 0. The van der Waals surface area contributed by atoms with E-state index in [0.717, 1.165) is 17.7 Å². The molecule has 1 amide bonds. The van der Waals surface area contributed by atoms with E-state index < -0.39 is 15.8 Å². The van der Waals surface area contributed by atoms with Gasteiger partial charge in [-0.3, -0.25) is 9.69 Å². The van der Waals surface area contributed by atoms with Crippen LogP contribution in [-0.2, 0) is 14.8 Å². The van der Waals surface area contributed by atoms with Gasteiger partial charge in [-0.25, -0.2) is 12.8 Å². The molecule has 0 aromatic heterocycles. The van der Waals surface area contributed by atoms with E-state index in [2.05, 4.69) is 19.2 Å². The average Bonchev–Trinajstić information content (AvgIpc) is 2.79. The molecule has 1 saturated heterocycles. The first-order valence-corrected chi connectivity index (χ1v) is 11.7. The number of amides is 1. The van der Waals surface area contributed by atoms with E-state index in [0.29, 0.717) is 23.9 Å². The number of nitrogens with one attached hydrogen (secondary N) is 1. The van der Waals surface area contributed by atoms with Crippen LogP contribution in [0.1, 0.15) is 25.3 Å². The summed E-state index contributed by atoms with van der Waals surface area (Å²) in [6.45, 7) is 5.39. The van der Waals surface area contributed by atoms with Crippen LogP contribution in [0, 0.1) is 5.82 Å². The van der Waals surface area contributed by atoms with Crippen LogP contribution in [0.2, 0.25) is 0 Å². The number of halogens is 1. The molecule has 2 aromatic rings. The van der Waals surface area contributed by atoms with Gasteiger partial charge in [-0.1, -0.05) is 19.9 Å². The Morgan fingerprint density at radius 2 is 1.87 bits per heavy atom. The van der Waals surface area contributed by atoms with Gasteiger partial charge in [0.05, 0.1) is 23.2 Å². The fourth-order valence-electron chi connectivity index (χ4n) is 3.90. The average molecular weight is 448 g/mol. The molecule has 166 valence electrons. The summed E-state index contributed by atoms with van der Waals surface area (Å²) in [6.07, 6.45) is 0. The van der Waals surface area contributed by atoms with Crippen molar-refractivity contribution >= 4 is 21.6 Å². The molecule has 1 fully saturated rings. The zero-order chi connectivity index (χ0) is 22.2. The predicted molar refractivity (Wildman–Crippen MR) is 115 cm³/mol. The molecule has 0 aliphatic carbocycles. The Morgan fingerprint density at radius 3 is 2.58 bits per heavy atom. The largest absolute Gasteiger partial charge is 0.490 e. The topological polar surface area (TPSA) is 79.0 Å². The van der Waals surface area contributed by atoms with E-state index in [1.165, 1.54) is 16.4 Å². The van der Waals surface area contributed by atoms with Gasteiger partial charge in [-0.15, -0.1) is 0 Å². The molecule has 2 aromatic carbocycles. The lowest BCUT2D eigenvalue weighted by Gasteiger charge is -2.39. The van der Waals surface area contributed by atoms with Crippen molar-refractivity contribution in [2.45, 2.75) is 30.7 Å². The van der Waals surface area contributed by atoms with E-state index in [9.17, 15) is 17.6 Å². The molecule has 4 rings (SSSR count). The maximum atomic E-state index is 13.2. The van der Waals surface area contributed by atoms with Gasteiger partial charge in [0.1, 0.15) is 18.2 Å². The van der Waals surface area contributed by atoms with Crippen LogP contribution in [-0.4, -0.2) is 62.4 Å². The van der Waals surface area contributed by atoms with Gasteiger partial charge in [0.2, 0.25) is 15.9 Å². The number of carbonyl (C=O) groups excluding carboxylic acids is 1. The fraction of sp³-hybridized carbons (Fsp3) is 0.409. The van der Waals surface area contributed by atoms with Crippen molar-refractivity contribution < 1.29 is 22.3 Å². The van der Waals surface area contributed by atoms with Gasteiger partial charge in [0.15, 0.2) is 0 Å². The lowest BCUT2D eigenvalue weighted by molar-refractivity contribution is -0.118. The summed E-state index contributed by atoms with van der Waals surface area (Å²) in [7, 11) is -3.76. The molecule has 0 radical (unpaired) electrons. The molecule has 7 nitrogen and oxygen atoms in total. The Morgan fingerprint density at radius 1 is 1.13 bits per heavy atom. The monoisotopic (exact) mass is 447 g/mol. The van der Waals surface area contributed by atoms with Gasteiger partial charge >= 0.3 is 0 Å². The molecular weight excluding hydrogens is 421 g/mol. The minimum atomic E-state index is -3.76. The highest BCUT2D eigenvalue weighted by Crippen LogP contribution is 2.31. The van der Waals surface area contributed by atoms with Crippen molar-refractivity contribution in [2.75, 3.05) is 38.1 Å². The SMILES string of the molecule is CC(C)c1ccc2c(c1)NC(=O)CN1CCN(S(=O)(=O)c3ccc(F)cc3)C[C@H]1CO2. The van der Waals surface area contributed by atoms with E-state index in [1.54, 1.807) is 0 Å². The summed E-state index contributed by atoms with van der Waals surface area (Å²) in [6, 6.07) is 10.3. The molecule has 2 aliphatic rings. The second-order valence-corrected chi connectivity index (χ2v) is 10.1. The van der Waals surface area contributed by atoms with Crippen molar-refractivity contribution in [3.05, 3.63) is 53.8 Å². The van der Waals surface area contributed by atoms with E-state index in [4.69, 9.17) is 4.74 Å². The number of benzene rings is 2. The molecule has 2 aliphatic heterocycles. The van der Waals surface area contributed by atoms with Crippen LogP contribution in [0.15, 0.2) is 47.4 Å². The fourth-order valence-corrected chi connectivity index (χ4v) is 5.36. The predicted octanol–water partition coefficient (Wildman–Crippen LogP) is 2.66. The number of rotatable bonds is 3. The molecule has 1 N–H and O–H groups in total. The first-order valence-electron chi connectivity index (χ1n) is 10.3. The number of hydrogen-bond donors (Lipinski definition) is 1. The number of ether oxygens (including phenoxy) is 1. The smallest absolute Gasteiger partial charge is 0.243 e. The number of piperazine rings is 1. The molecule has 0 spiro atoms. The molecule has 31 heavy (non-hydrogen) atoms. The van der Waals surface area contributed by atoms with E-state index in [1.807, 2.05) is 23.1 Å². The van der Waals surface area contributed by atoms with Gasteiger partial charge in [-0.05, 0) is 47.9 Å². The van der Waals surface area contributed by atoms with Gasteiger partial charge in [-0.2, -0.15) is 4.31 Å². The summed E-state index contributed by atoms with van der Waals surface area (Å²) in [5.41, 5.74) is 1.73. The number of carbonyl (C=O) groups is 1. The van der Waals surface area contributed by atoms with Gasteiger partial charge < -0.3 is 10.1 Å². The van der Waals surface area contributed by atoms with Crippen molar-refractivity contribution in [1.29, 1.82) is 0 Å². The van der Waals surface area contributed by atoms with Gasteiger partial charge in [0, 0.05) is 19.6 Å². The summed E-state index contributed by atoms with van der Waals surface area (Å²) in [5, 5.41) is 2.93. The highest BCUT2D eigenvalue weighted by Gasteiger charge is 2.36. The molecule has 0 bridgehead atoms. The standard InChI is InChI=1S/C22H26FN3O4S/c1-15(2)16-3-8-21-20(11-16)24-22(27)13-25-9-10-26(12-18(25)14-30-21)31(28,29)19-6-4-17(23)5-7-19/h3-8,11,15,18H,9-10,12-14H2,1-2H3,(H,24,27)/t18-/m0/s1. The minimum Gasteiger partial charge on any atom is -0.490 e. The molecule has 1 atom stereocenters. The first-order chi connectivity index (χ1) is 14.7. The van der Waals surface area contributed by atoms with Crippen molar-refractivity contribution in [1.82, 2.24) is 9.21 Å². The molecular formula is C22H26FN3O4S. The number of nitrogens with zero attached hydrogens (tertiary/aromatic N) is 2. The quantitative estimate of drug-likeness (QED) is 0.783. The lowest BCUT2D eigenvalue weighted by atomic mass is 10.0. The maximum absolute atomic E-state index is 13.2. The molecule has 2 heterocycles. The van der Waals surface area contributed by atoms with Crippen molar-refractivity contribution in [2.24, 2.45) is 0 Å². The van der Waals surface area contributed by atoms with Crippen molar-refractivity contribution in [3.63, 3.8) is 0 Å². The summed E-state index contributed by atoms with van der Waals surface area (Å²) < 4.78 is 46.7. The van der Waals surface area contributed by atoms with Crippen LogP contribution >= 0.6 is 0 Å². The van der Waals surface area contributed by atoms with Crippen molar-refractivity contribution in [3.8, 4) is 5.75 Å². The number of hydrogen-bond acceptors (Lipinski definition) is 5. The number of fused-ring (bicyclic) bond motifs is 2. The highest BCUT2D eigenvalue weighted by atomic mass is 32.2. The Balaban J connectivity index is 1.56. The second-order valence-electron chi connectivity index (χ2n) is 8.21. The third kappa shape index (κ3) is 4.58. The first kappa shape index (κ1) is 21.7. The normalized spacial score (nSPS) is 20.6. The molecule has 0 saturated carbocycles.